The van der Waals surface area contributed by atoms with E-state index in [9.17, 15) is 0 Å². The number of hydrogen-bond donors (Lipinski definition) is 2. The Bertz CT molecular complexity index is 332. The van der Waals surface area contributed by atoms with Crippen LogP contribution < -0.4 is 5.32 Å². The summed E-state index contributed by atoms with van der Waals surface area (Å²) >= 11 is 0. The minimum absolute atomic E-state index is 0.665. The molecule has 96 valence electrons. The van der Waals surface area contributed by atoms with Crippen LogP contribution in [0.1, 0.15) is 63.4 Å². The van der Waals surface area contributed by atoms with Crippen molar-refractivity contribution < 1.29 is 0 Å². The first kappa shape index (κ1) is 12.6. The van der Waals surface area contributed by atoms with Gasteiger partial charge >= 0.3 is 0 Å². The zero-order valence-electron chi connectivity index (χ0n) is 11.1. The van der Waals surface area contributed by atoms with Crippen LogP contribution in [0.2, 0.25) is 0 Å². The van der Waals surface area contributed by atoms with Crippen molar-refractivity contribution in [3.8, 4) is 0 Å². The van der Waals surface area contributed by atoms with E-state index < -0.39 is 0 Å². The van der Waals surface area contributed by atoms with E-state index in [-0.39, 0.29) is 0 Å². The van der Waals surface area contributed by atoms with Crippen LogP contribution in [0.5, 0.6) is 0 Å². The third-order valence-corrected chi connectivity index (χ3v) is 3.71. The molecule has 3 heteroatoms. The molecule has 2 atom stereocenters. The molecule has 0 aliphatic heterocycles. The van der Waals surface area contributed by atoms with E-state index in [1.54, 1.807) is 0 Å². The van der Waals surface area contributed by atoms with Gasteiger partial charge < -0.3 is 10.3 Å². The van der Waals surface area contributed by atoms with Crippen molar-refractivity contribution in [2.24, 2.45) is 5.92 Å². The average molecular weight is 235 g/mol. The highest BCUT2D eigenvalue weighted by molar-refractivity contribution is 5.06. The summed E-state index contributed by atoms with van der Waals surface area (Å²) in [6.45, 7) is 6.55. The van der Waals surface area contributed by atoms with Crippen LogP contribution in [0, 0.1) is 5.92 Å². The monoisotopic (exact) mass is 235 g/mol. The highest BCUT2D eigenvalue weighted by atomic mass is 15.0. The van der Waals surface area contributed by atoms with E-state index in [1.165, 1.54) is 43.6 Å². The molecule has 1 aromatic heterocycles. The Morgan fingerprint density at radius 2 is 2.35 bits per heavy atom. The smallest absolute Gasteiger partial charge is 0.109 e. The molecule has 2 rings (SSSR count). The Morgan fingerprint density at radius 1 is 1.47 bits per heavy atom. The van der Waals surface area contributed by atoms with Crippen LogP contribution >= 0.6 is 0 Å². The molecule has 0 bridgehead atoms. The van der Waals surface area contributed by atoms with Crippen molar-refractivity contribution in [1.82, 2.24) is 15.3 Å². The second-order valence-corrected chi connectivity index (χ2v) is 5.44. The topological polar surface area (TPSA) is 40.7 Å². The summed E-state index contributed by atoms with van der Waals surface area (Å²) in [6.07, 6.45) is 8.53. The molecule has 1 aromatic rings. The molecule has 1 saturated carbocycles. The second-order valence-electron chi connectivity index (χ2n) is 5.44. The van der Waals surface area contributed by atoms with Gasteiger partial charge in [-0.05, 0) is 31.7 Å². The van der Waals surface area contributed by atoms with Crippen LogP contribution in [0.4, 0.5) is 0 Å². The van der Waals surface area contributed by atoms with E-state index in [0.717, 1.165) is 19.0 Å². The van der Waals surface area contributed by atoms with Gasteiger partial charge in [0.15, 0.2) is 0 Å². The third-order valence-electron chi connectivity index (χ3n) is 3.71. The fourth-order valence-corrected chi connectivity index (χ4v) is 2.76. The Kier molecular flexibility index (Phi) is 4.60. The van der Waals surface area contributed by atoms with E-state index in [1.807, 2.05) is 6.20 Å². The molecular weight excluding hydrogens is 210 g/mol. The molecule has 0 radical (unpaired) electrons. The first-order chi connectivity index (χ1) is 8.29. The summed E-state index contributed by atoms with van der Waals surface area (Å²) in [5.74, 6) is 2.74. The molecule has 1 aliphatic rings. The van der Waals surface area contributed by atoms with Gasteiger partial charge in [0.25, 0.3) is 0 Å². The van der Waals surface area contributed by atoms with Crippen molar-refractivity contribution in [2.45, 2.75) is 58.4 Å². The van der Waals surface area contributed by atoms with Gasteiger partial charge in [-0.1, -0.05) is 26.7 Å². The Hall–Kier alpha value is -0.830. The quantitative estimate of drug-likeness (QED) is 0.769. The molecule has 0 aromatic carbocycles. The SMILES string of the molecule is CCCNCc1cnc(C2CCCC(C)C2)[nH]1. The summed E-state index contributed by atoms with van der Waals surface area (Å²) in [4.78, 5) is 8.05. The van der Waals surface area contributed by atoms with Crippen molar-refractivity contribution in [3.63, 3.8) is 0 Å². The number of nitrogens with one attached hydrogen (secondary N) is 2. The number of aromatic amines is 1. The predicted molar refractivity (Wildman–Crippen MR) is 71.0 cm³/mol. The van der Waals surface area contributed by atoms with Crippen LogP contribution in [0.15, 0.2) is 6.20 Å². The molecular formula is C14H25N3. The van der Waals surface area contributed by atoms with E-state index in [0.29, 0.717) is 5.92 Å². The van der Waals surface area contributed by atoms with Gasteiger partial charge in [-0.3, -0.25) is 0 Å². The van der Waals surface area contributed by atoms with E-state index >= 15 is 0 Å². The number of rotatable bonds is 5. The molecule has 1 heterocycles. The molecule has 0 amide bonds. The van der Waals surface area contributed by atoms with Gasteiger partial charge in [0.2, 0.25) is 0 Å². The molecule has 2 N–H and O–H groups in total. The highest BCUT2D eigenvalue weighted by Crippen LogP contribution is 2.34. The summed E-state index contributed by atoms with van der Waals surface area (Å²) < 4.78 is 0. The lowest BCUT2D eigenvalue weighted by molar-refractivity contribution is 0.336. The number of H-pyrrole nitrogens is 1. The van der Waals surface area contributed by atoms with Gasteiger partial charge in [0, 0.05) is 24.4 Å². The predicted octanol–water partition coefficient (Wildman–Crippen LogP) is 3.20. The Balaban J connectivity index is 1.88. The van der Waals surface area contributed by atoms with Crippen molar-refractivity contribution in [2.75, 3.05) is 6.54 Å². The maximum Gasteiger partial charge on any atom is 0.109 e. The molecule has 0 saturated heterocycles. The Labute approximate surface area is 104 Å². The fourth-order valence-electron chi connectivity index (χ4n) is 2.76. The molecule has 3 nitrogen and oxygen atoms in total. The minimum atomic E-state index is 0.665. The fraction of sp³-hybridized carbons (Fsp3) is 0.786. The van der Waals surface area contributed by atoms with Gasteiger partial charge in [-0.25, -0.2) is 4.98 Å². The molecule has 1 aliphatic carbocycles. The van der Waals surface area contributed by atoms with Crippen molar-refractivity contribution in [1.29, 1.82) is 0 Å². The normalized spacial score (nSPS) is 25.1. The summed E-state index contributed by atoms with van der Waals surface area (Å²) in [5.41, 5.74) is 1.23. The van der Waals surface area contributed by atoms with Crippen LogP contribution in [-0.2, 0) is 6.54 Å². The van der Waals surface area contributed by atoms with Crippen LogP contribution in [0.25, 0.3) is 0 Å². The number of hydrogen-bond acceptors (Lipinski definition) is 2. The zero-order valence-corrected chi connectivity index (χ0v) is 11.1. The van der Waals surface area contributed by atoms with Crippen LogP contribution in [0.3, 0.4) is 0 Å². The first-order valence-corrected chi connectivity index (χ1v) is 7.04. The van der Waals surface area contributed by atoms with Gasteiger partial charge in [-0.15, -0.1) is 0 Å². The summed E-state index contributed by atoms with van der Waals surface area (Å²) in [6, 6.07) is 0. The maximum absolute atomic E-state index is 4.56. The lowest BCUT2D eigenvalue weighted by Crippen LogP contribution is -2.15. The maximum atomic E-state index is 4.56. The molecule has 0 spiro atoms. The number of nitrogens with zero attached hydrogens (tertiary/aromatic N) is 1. The zero-order chi connectivity index (χ0) is 12.1. The lowest BCUT2D eigenvalue weighted by Gasteiger charge is -2.25. The second kappa shape index (κ2) is 6.20. The third kappa shape index (κ3) is 3.56. The summed E-state index contributed by atoms with van der Waals surface area (Å²) in [5, 5.41) is 3.41. The van der Waals surface area contributed by atoms with Crippen molar-refractivity contribution >= 4 is 0 Å². The summed E-state index contributed by atoms with van der Waals surface area (Å²) in [7, 11) is 0. The standard InChI is InChI=1S/C14H25N3/c1-3-7-15-9-13-10-16-14(17-13)12-6-4-5-11(2)8-12/h10-12,15H,3-9H2,1-2H3,(H,16,17). The van der Waals surface area contributed by atoms with Gasteiger partial charge in [0.05, 0.1) is 0 Å². The largest absolute Gasteiger partial charge is 0.345 e. The lowest BCUT2D eigenvalue weighted by atomic mass is 9.82. The van der Waals surface area contributed by atoms with E-state index in [4.69, 9.17) is 0 Å². The minimum Gasteiger partial charge on any atom is -0.345 e. The van der Waals surface area contributed by atoms with Gasteiger partial charge in [0.1, 0.15) is 5.82 Å². The van der Waals surface area contributed by atoms with E-state index in [2.05, 4.69) is 29.1 Å². The van der Waals surface area contributed by atoms with Gasteiger partial charge in [-0.2, -0.15) is 0 Å². The number of aromatic nitrogens is 2. The molecule has 1 fully saturated rings. The molecule has 2 unspecified atom stereocenters. The number of imidazole rings is 1. The van der Waals surface area contributed by atoms with Crippen molar-refractivity contribution in [3.05, 3.63) is 17.7 Å². The molecule has 17 heavy (non-hydrogen) atoms. The highest BCUT2D eigenvalue weighted by Gasteiger charge is 2.22. The average Bonchev–Trinajstić information content (AvgIpc) is 2.78. The van der Waals surface area contributed by atoms with Crippen LogP contribution in [-0.4, -0.2) is 16.5 Å². The Morgan fingerprint density at radius 3 is 3.12 bits per heavy atom. The first-order valence-electron chi connectivity index (χ1n) is 7.04.